The molecule has 29 heavy (non-hydrogen) atoms. The number of methoxy groups -OCH3 is 1. The molecule has 1 aromatic heterocycles. The zero-order valence-corrected chi connectivity index (χ0v) is 16.3. The quantitative estimate of drug-likeness (QED) is 0.381. The van der Waals surface area contributed by atoms with Crippen molar-refractivity contribution in [1.29, 1.82) is 0 Å². The van der Waals surface area contributed by atoms with Crippen LogP contribution >= 0.6 is 0 Å². The largest absolute Gasteiger partial charge is 0.497 e. The summed E-state index contributed by atoms with van der Waals surface area (Å²) in [6, 6.07) is 10.4. The van der Waals surface area contributed by atoms with Gasteiger partial charge in [0.2, 0.25) is 5.91 Å². The van der Waals surface area contributed by atoms with Crippen LogP contribution in [0.15, 0.2) is 42.6 Å². The highest BCUT2D eigenvalue weighted by Crippen LogP contribution is 2.19. The molecule has 0 atom stereocenters. The molecule has 2 heterocycles. The van der Waals surface area contributed by atoms with E-state index >= 15 is 0 Å². The molecule has 1 aliphatic rings. The monoisotopic (exact) mass is 400 g/mol. The molecule has 0 radical (unpaired) electrons. The Hall–Kier alpha value is -3.36. The van der Waals surface area contributed by atoms with Gasteiger partial charge in [-0.3, -0.25) is 14.9 Å². The second-order valence-corrected chi connectivity index (χ2v) is 6.63. The third-order valence-corrected chi connectivity index (χ3v) is 4.76. The lowest BCUT2D eigenvalue weighted by molar-refractivity contribution is -0.385. The average molecular weight is 400 g/mol. The third kappa shape index (κ3) is 5.56. The molecule has 1 aliphatic heterocycles. The molecular formula is C20H24N4O5. The number of nitro groups is 1. The number of pyridine rings is 1. The number of amides is 1. The third-order valence-electron chi connectivity index (χ3n) is 4.76. The summed E-state index contributed by atoms with van der Waals surface area (Å²) >= 11 is 0. The van der Waals surface area contributed by atoms with Gasteiger partial charge in [0.15, 0.2) is 0 Å². The molecule has 0 aliphatic carbocycles. The summed E-state index contributed by atoms with van der Waals surface area (Å²) in [4.78, 5) is 30.7. The first kappa shape index (κ1) is 20.4. The zero-order chi connectivity index (χ0) is 20.6. The van der Waals surface area contributed by atoms with Crippen molar-refractivity contribution in [3.63, 3.8) is 0 Å². The van der Waals surface area contributed by atoms with Crippen molar-refractivity contribution < 1.29 is 19.2 Å². The Morgan fingerprint density at radius 1 is 1.10 bits per heavy atom. The van der Waals surface area contributed by atoms with Gasteiger partial charge in [-0.25, -0.2) is 4.98 Å². The van der Waals surface area contributed by atoms with Crippen LogP contribution in [0.2, 0.25) is 0 Å². The second kappa shape index (κ2) is 9.72. The lowest BCUT2D eigenvalue weighted by atomic mass is 10.2. The number of anilines is 1. The minimum Gasteiger partial charge on any atom is -0.497 e. The molecule has 154 valence electrons. The van der Waals surface area contributed by atoms with Crippen LogP contribution in [0, 0.1) is 10.1 Å². The van der Waals surface area contributed by atoms with Crippen molar-refractivity contribution in [2.75, 3.05) is 44.8 Å². The SMILES string of the molecule is COc1ccc(OCCCC(=O)N2CCN(c3ccc([N+](=O)[O-])cn3)CC2)cc1. The maximum absolute atomic E-state index is 12.4. The van der Waals surface area contributed by atoms with Gasteiger partial charge in [-0.1, -0.05) is 0 Å². The molecule has 3 rings (SSSR count). The van der Waals surface area contributed by atoms with Gasteiger partial charge in [-0.2, -0.15) is 0 Å². The van der Waals surface area contributed by atoms with E-state index < -0.39 is 4.92 Å². The number of ether oxygens (including phenoxy) is 2. The normalized spacial score (nSPS) is 13.8. The fourth-order valence-corrected chi connectivity index (χ4v) is 3.10. The van der Waals surface area contributed by atoms with Crippen LogP contribution in [0.1, 0.15) is 12.8 Å². The van der Waals surface area contributed by atoms with Gasteiger partial charge in [-0.05, 0) is 36.8 Å². The van der Waals surface area contributed by atoms with Gasteiger partial charge in [-0.15, -0.1) is 0 Å². The highest BCUT2D eigenvalue weighted by atomic mass is 16.6. The summed E-state index contributed by atoms with van der Waals surface area (Å²) in [6.07, 6.45) is 2.34. The topological polar surface area (TPSA) is 98.0 Å². The fraction of sp³-hybridized carbons (Fsp3) is 0.400. The molecule has 0 saturated carbocycles. The number of hydrogen-bond acceptors (Lipinski definition) is 7. The van der Waals surface area contributed by atoms with Crippen molar-refractivity contribution >= 4 is 17.4 Å². The Morgan fingerprint density at radius 3 is 2.38 bits per heavy atom. The summed E-state index contributed by atoms with van der Waals surface area (Å²) in [5.41, 5.74) is -0.0283. The van der Waals surface area contributed by atoms with E-state index in [-0.39, 0.29) is 11.6 Å². The van der Waals surface area contributed by atoms with Crippen molar-refractivity contribution in [3.8, 4) is 11.5 Å². The molecule has 1 saturated heterocycles. The highest BCUT2D eigenvalue weighted by molar-refractivity contribution is 5.76. The predicted molar refractivity (Wildman–Crippen MR) is 107 cm³/mol. The summed E-state index contributed by atoms with van der Waals surface area (Å²) in [5.74, 6) is 2.33. The average Bonchev–Trinajstić information content (AvgIpc) is 2.77. The molecule has 1 fully saturated rings. The van der Waals surface area contributed by atoms with Gasteiger partial charge in [0.25, 0.3) is 5.69 Å². The van der Waals surface area contributed by atoms with E-state index in [0.29, 0.717) is 51.4 Å². The van der Waals surface area contributed by atoms with Gasteiger partial charge in [0.1, 0.15) is 23.5 Å². The van der Waals surface area contributed by atoms with E-state index in [4.69, 9.17) is 9.47 Å². The first-order chi connectivity index (χ1) is 14.1. The van der Waals surface area contributed by atoms with E-state index in [1.54, 1.807) is 13.2 Å². The van der Waals surface area contributed by atoms with Crippen LogP contribution in [-0.4, -0.2) is 60.6 Å². The summed E-state index contributed by atoms with van der Waals surface area (Å²) in [5, 5.41) is 10.7. The Labute approximate surface area is 169 Å². The van der Waals surface area contributed by atoms with E-state index in [9.17, 15) is 14.9 Å². The first-order valence-corrected chi connectivity index (χ1v) is 9.47. The maximum Gasteiger partial charge on any atom is 0.287 e. The molecule has 9 heteroatoms. The molecule has 2 aromatic rings. The van der Waals surface area contributed by atoms with Gasteiger partial charge in [0, 0.05) is 38.7 Å². The van der Waals surface area contributed by atoms with Crippen molar-refractivity contribution in [2.45, 2.75) is 12.8 Å². The summed E-state index contributed by atoms with van der Waals surface area (Å²) < 4.78 is 10.8. The van der Waals surface area contributed by atoms with Gasteiger partial charge in [0.05, 0.1) is 18.6 Å². The molecule has 1 aromatic carbocycles. The Bertz CT molecular complexity index is 818. The number of hydrogen-bond donors (Lipinski definition) is 0. The first-order valence-electron chi connectivity index (χ1n) is 9.47. The van der Waals surface area contributed by atoms with Crippen LogP contribution in [0.25, 0.3) is 0 Å². The van der Waals surface area contributed by atoms with Gasteiger partial charge >= 0.3 is 0 Å². The summed E-state index contributed by atoms with van der Waals surface area (Å²) in [6.45, 7) is 3.00. The molecule has 0 bridgehead atoms. The molecule has 0 unspecified atom stereocenters. The minimum absolute atomic E-state index is 0.0283. The number of nitrogens with zero attached hydrogens (tertiary/aromatic N) is 4. The number of rotatable bonds is 8. The maximum atomic E-state index is 12.4. The molecule has 0 N–H and O–H groups in total. The summed E-state index contributed by atoms with van der Waals surface area (Å²) in [7, 11) is 1.61. The minimum atomic E-state index is -0.467. The van der Waals surface area contributed by atoms with Crippen molar-refractivity contribution in [2.24, 2.45) is 0 Å². The van der Waals surface area contributed by atoms with E-state index in [1.807, 2.05) is 34.1 Å². The van der Waals surface area contributed by atoms with Crippen LogP contribution < -0.4 is 14.4 Å². The molecular weight excluding hydrogens is 376 g/mol. The highest BCUT2D eigenvalue weighted by Gasteiger charge is 2.22. The molecule has 1 amide bonds. The lowest BCUT2D eigenvalue weighted by Crippen LogP contribution is -2.49. The van der Waals surface area contributed by atoms with Gasteiger partial charge < -0.3 is 19.3 Å². The Morgan fingerprint density at radius 2 is 1.79 bits per heavy atom. The van der Waals surface area contributed by atoms with E-state index in [0.717, 1.165) is 11.5 Å². The Balaban J connectivity index is 1.37. The number of carbonyl (C=O) groups excluding carboxylic acids is 1. The van der Waals surface area contributed by atoms with Crippen LogP contribution in [0.4, 0.5) is 11.5 Å². The Kier molecular flexibility index (Phi) is 6.83. The van der Waals surface area contributed by atoms with Crippen LogP contribution in [0.5, 0.6) is 11.5 Å². The number of aromatic nitrogens is 1. The predicted octanol–water partition coefficient (Wildman–Crippen LogP) is 2.51. The van der Waals surface area contributed by atoms with E-state index in [2.05, 4.69) is 4.98 Å². The van der Waals surface area contributed by atoms with E-state index in [1.165, 1.54) is 12.3 Å². The van der Waals surface area contributed by atoms with Crippen molar-refractivity contribution in [3.05, 3.63) is 52.7 Å². The lowest BCUT2D eigenvalue weighted by Gasteiger charge is -2.35. The fourth-order valence-electron chi connectivity index (χ4n) is 3.10. The molecule has 9 nitrogen and oxygen atoms in total. The van der Waals surface area contributed by atoms with Crippen LogP contribution in [0.3, 0.4) is 0 Å². The standard InChI is InChI=1S/C20H24N4O5/c1-28-17-5-7-18(8-6-17)29-14-2-3-20(25)23-12-10-22(11-13-23)19-9-4-16(15-21-19)24(26)27/h4-9,15H,2-3,10-14H2,1H3. The van der Waals surface area contributed by atoms with Crippen LogP contribution in [-0.2, 0) is 4.79 Å². The van der Waals surface area contributed by atoms with Crippen molar-refractivity contribution in [1.82, 2.24) is 9.88 Å². The number of benzene rings is 1. The smallest absolute Gasteiger partial charge is 0.287 e. The molecule has 0 spiro atoms. The number of piperazine rings is 1. The second-order valence-electron chi connectivity index (χ2n) is 6.63. The number of carbonyl (C=O) groups is 1. The zero-order valence-electron chi connectivity index (χ0n) is 16.3.